The lowest BCUT2D eigenvalue weighted by molar-refractivity contribution is 0.176. The van der Waals surface area contributed by atoms with E-state index >= 15 is 0 Å². The van der Waals surface area contributed by atoms with Crippen molar-refractivity contribution < 1.29 is 4.79 Å². The molecule has 2 heterocycles. The summed E-state index contributed by atoms with van der Waals surface area (Å²) in [4.78, 5) is 18.8. The predicted molar refractivity (Wildman–Crippen MR) is 91.2 cm³/mol. The van der Waals surface area contributed by atoms with Gasteiger partial charge in [0.15, 0.2) is 0 Å². The Morgan fingerprint density at radius 3 is 3.00 bits per heavy atom. The molecule has 1 aromatic heterocycles. The van der Waals surface area contributed by atoms with Crippen LogP contribution < -0.4 is 5.32 Å². The van der Waals surface area contributed by atoms with Crippen molar-refractivity contribution in [2.24, 2.45) is 0 Å². The number of aromatic nitrogens is 3. The van der Waals surface area contributed by atoms with Crippen LogP contribution in [-0.4, -0.2) is 32.2 Å². The summed E-state index contributed by atoms with van der Waals surface area (Å²) in [6, 6.07) is 3.64. The molecule has 1 atom stereocenters. The van der Waals surface area contributed by atoms with E-state index < -0.39 is 0 Å². The van der Waals surface area contributed by atoms with Gasteiger partial charge in [-0.1, -0.05) is 29.3 Å². The van der Waals surface area contributed by atoms with Gasteiger partial charge in [-0.3, -0.25) is 0 Å². The topological polar surface area (TPSA) is 63.1 Å². The Kier molecular flexibility index (Phi) is 3.89. The highest BCUT2D eigenvalue weighted by Crippen LogP contribution is 2.39. The highest BCUT2D eigenvalue weighted by Gasteiger charge is 2.29. The number of nitrogens with zero attached hydrogens (tertiary/aromatic N) is 4. The summed E-state index contributed by atoms with van der Waals surface area (Å²) in [5.74, 6) is 1.57. The summed E-state index contributed by atoms with van der Waals surface area (Å²) in [7, 11) is 0. The van der Waals surface area contributed by atoms with Crippen molar-refractivity contribution in [2.75, 3.05) is 6.54 Å². The predicted octanol–water partition coefficient (Wildman–Crippen LogP) is 3.11. The Morgan fingerprint density at radius 1 is 1.33 bits per heavy atom. The van der Waals surface area contributed by atoms with Gasteiger partial charge in [0.2, 0.25) is 0 Å². The number of aryl methyl sites for hydroxylation is 1. The normalized spacial score (nSPS) is 19.1. The number of carbonyl (C=O) groups is 1. The number of halogens is 2. The molecular weight excluding hydrogens is 349 g/mol. The van der Waals surface area contributed by atoms with Crippen LogP contribution in [0.3, 0.4) is 0 Å². The van der Waals surface area contributed by atoms with Gasteiger partial charge in [0, 0.05) is 6.54 Å². The molecule has 24 heavy (non-hydrogen) atoms. The number of hydrogen-bond acceptors (Lipinski definition) is 3. The van der Waals surface area contributed by atoms with Gasteiger partial charge in [-0.25, -0.2) is 14.5 Å². The third-order valence-corrected chi connectivity index (χ3v) is 5.49. The standard InChI is InChI=1S/C16H17Cl2N5O/c1-9-19-14-8-22(6-7-23(14)21-9)16(24)20-13-5-3-11-10(13)2-4-12(17)15(11)18/h2,4,13H,3,5-8H2,1H3,(H,20,24). The second-order valence-corrected chi connectivity index (χ2v) is 6.98. The molecule has 0 fully saturated rings. The van der Waals surface area contributed by atoms with Crippen LogP contribution >= 0.6 is 23.2 Å². The highest BCUT2D eigenvalue weighted by molar-refractivity contribution is 6.42. The number of amides is 2. The van der Waals surface area contributed by atoms with Crippen molar-refractivity contribution in [1.82, 2.24) is 25.0 Å². The maximum absolute atomic E-state index is 12.6. The minimum absolute atomic E-state index is 0.0243. The molecule has 126 valence electrons. The highest BCUT2D eigenvalue weighted by atomic mass is 35.5. The molecular formula is C16H17Cl2N5O. The Labute approximate surface area is 149 Å². The van der Waals surface area contributed by atoms with E-state index in [0.717, 1.165) is 35.6 Å². The van der Waals surface area contributed by atoms with Gasteiger partial charge in [-0.05, 0) is 37.0 Å². The molecule has 1 unspecified atom stereocenters. The SMILES string of the molecule is Cc1nc2n(n1)CCN(C(=O)NC1CCc3c1ccc(Cl)c3Cl)C2. The average molecular weight is 366 g/mol. The van der Waals surface area contributed by atoms with Crippen molar-refractivity contribution in [3.05, 3.63) is 45.0 Å². The first-order valence-electron chi connectivity index (χ1n) is 7.95. The van der Waals surface area contributed by atoms with Gasteiger partial charge in [-0.15, -0.1) is 0 Å². The van der Waals surface area contributed by atoms with Crippen LogP contribution in [-0.2, 0) is 19.5 Å². The van der Waals surface area contributed by atoms with Gasteiger partial charge >= 0.3 is 6.03 Å². The number of nitrogens with one attached hydrogen (secondary N) is 1. The molecule has 4 rings (SSSR count). The van der Waals surface area contributed by atoms with Crippen molar-refractivity contribution in [2.45, 2.75) is 38.9 Å². The quantitative estimate of drug-likeness (QED) is 0.844. The molecule has 0 bridgehead atoms. The first-order chi connectivity index (χ1) is 11.5. The van der Waals surface area contributed by atoms with E-state index in [1.54, 1.807) is 11.0 Å². The third kappa shape index (κ3) is 2.63. The molecule has 8 heteroatoms. The summed E-state index contributed by atoms with van der Waals surface area (Å²) in [5, 5.41) is 8.60. The number of carbonyl (C=O) groups excluding carboxylic acids is 1. The fraction of sp³-hybridized carbons (Fsp3) is 0.438. The van der Waals surface area contributed by atoms with E-state index in [-0.39, 0.29) is 12.1 Å². The summed E-state index contributed by atoms with van der Waals surface area (Å²) in [5.41, 5.74) is 2.11. The molecule has 1 aliphatic carbocycles. The van der Waals surface area contributed by atoms with Crippen LogP contribution in [0.5, 0.6) is 0 Å². The summed E-state index contributed by atoms with van der Waals surface area (Å²) in [6.45, 7) is 3.64. The molecule has 2 amide bonds. The fourth-order valence-electron chi connectivity index (χ4n) is 3.46. The molecule has 0 saturated heterocycles. The zero-order valence-electron chi connectivity index (χ0n) is 13.2. The van der Waals surface area contributed by atoms with Gasteiger partial charge < -0.3 is 10.2 Å². The Morgan fingerprint density at radius 2 is 2.17 bits per heavy atom. The molecule has 0 radical (unpaired) electrons. The molecule has 1 N–H and O–H groups in total. The van der Waals surface area contributed by atoms with Crippen LogP contribution in [0, 0.1) is 6.92 Å². The van der Waals surface area contributed by atoms with Gasteiger partial charge in [0.25, 0.3) is 0 Å². The number of hydrogen-bond donors (Lipinski definition) is 1. The molecule has 2 aromatic rings. The van der Waals surface area contributed by atoms with Gasteiger partial charge in [0.1, 0.15) is 11.6 Å². The maximum atomic E-state index is 12.6. The lowest BCUT2D eigenvalue weighted by atomic mass is 10.1. The van der Waals surface area contributed by atoms with Crippen LogP contribution in [0.2, 0.25) is 10.0 Å². The van der Waals surface area contributed by atoms with Crippen LogP contribution in [0.25, 0.3) is 0 Å². The summed E-state index contributed by atoms with van der Waals surface area (Å²) >= 11 is 12.3. The van der Waals surface area contributed by atoms with E-state index in [0.29, 0.717) is 29.7 Å². The number of fused-ring (bicyclic) bond motifs is 2. The Bertz CT molecular complexity index is 819. The largest absolute Gasteiger partial charge is 0.331 e. The smallest absolute Gasteiger partial charge is 0.318 e. The van der Waals surface area contributed by atoms with E-state index in [4.69, 9.17) is 23.2 Å². The minimum Gasteiger partial charge on any atom is -0.331 e. The Balaban J connectivity index is 1.48. The first kappa shape index (κ1) is 15.7. The second kappa shape index (κ2) is 5.93. The second-order valence-electron chi connectivity index (χ2n) is 6.19. The number of urea groups is 1. The van der Waals surface area contributed by atoms with Crippen LogP contribution in [0.4, 0.5) is 4.79 Å². The summed E-state index contributed by atoms with van der Waals surface area (Å²) < 4.78 is 1.87. The van der Waals surface area contributed by atoms with Crippen LogP contribution in [0.15, 0.2) is 12.1 Å². The third-order valence-electron chi connectivity index (χ3n) is 4.64. The zero-order chi connectivity index (χ0) is 16.8. The zero-order valence-corrected chi connectivity index (χ0v) is 14.7. The van der Waals surface area contributed by atoms with Crippen molar-refractivity contribution >= 4 is 29.2 Å². The number of rotatable bonds is 1. The molecule has 0 spiro atoms. The van der Waals surface area contributed by atoms with Crippen LogP contribution in [0.1, 0.15) is 35.2 Å². The molecule has 0 saturated carbocycles. The van der Waals surface area contributed by atoms with E-state index in [1.165, 1.54) is 0 Å². The average Bonchev–Trinajstić information content (AvgIpc) is 3.13. The lowest BCUT2D eigenvalue weighted by Crippen LogP contribution is -2.45. The molecule has 6 nitrogen and oxygen atoms in total. The monoisotopic (exact) mass is 365 g/mol. The minimum atomic E-state index is -0.0779. The molecule has 2 aliphatic rings. The van der Waals surface area contributed by atoms with E-state index in [1.807, 2.05) is 17.7 Å². The first-order valence-corrected chi connectivity index (χ1v) is 8.71. The van der Waals surface area contributed by atoms with Crippen molar-refractivity contribution in [3.8, 4) is 0 Å². The fourth-order valence-corrected chi connectivity index (χ4v) is 3.90. The van der Waals surface area contributed by atoms with Crippen molar-refractivity contribution in [1.29, 1.82) is 0 Å². The molecule has 1 aromatic carbocycles. The number of benzene rings is 1. The van der Waals surface area contributed by atoms with E-state index in [9.17, 15) is 4.79 Å². The van der Waals surface area contributed by atoms with E-state index in [2.05, 4.69) is 15.4 Å². The molecule has 1 aliphatic heterocycles. The van der Waals surface area contributed by atoms with Gasteiger partial charge in [0.05, 0.1) is 29.2 Å². The Hall–Kier alpha value is -1.79. The van der Waals surface area contributed by atoms with Crippen molar-refractivity contribution in [3.63, 3.8) is 0 Å². The maximum Gasteiger partial charge on any atom is 0.318 e. The van der Waals surface area contributed by atoms with Gasteiger partial charge in [-0.2, -0.15) is 5.10 Å². The lowest BCUT2D eigenvalue weighted by Gasteiger charge is -2.28. The summed E-state index contributed by atoms with van der Waals surface area (Å²) in [6.07, 6.45) is 1.66.